The molecule has 0 aromatic heterocycles. The first-order valence-corrected chi connectivity index (χ1v) is 11.1. The molecule has 1 aliphatic rings. The van der Waals surface area contributed by atoms with Crippen LogP contribution in [0.2, 0.25) is 0 Å². The minimum atomic E-state index is -0.796. The molecule has 0 radical (unpaired) electrons. The van der Waals surface area contributed by atoms with E-state index < -0.39 is 39.1 Å². The molecule has 0 bridgehead atoms. The van der Waals surface area contributed by atoms with Crippen LogP contribution in [0.3, 0.4) is 0 Å². The highest BCUT2D eigenvalue weighted by atomic mass is 16.6. The number of phenols is 1. The molecule has 1 N–H and O–H groups in total. The number of nitrogens with zero attached hydrogens (tertiary/aromatic N) is 1. The van der Waals surface area contributed by atoms with Crippen molar-refractivity contribution < 1.29 is 29.1 Å². The van der Waals surface area contributed by atoms with E-state index in [0.29, 0.717) is 0 Å². The Morgan fingerprint density at radius 2 is 1.11 bits per heavy atom. The topological polar surface area (TPSA) is 116 Å². The summed E-state index contributed by atoms with van der Waals surface area (Å²) >= 11 is 0. The summed E-state index contributed by atoms with van der Waals surface area (Å²) in [5, 5.41) is 22.1. The van der Waals surface area contributed by atoms with Gasteiger partial charge in [0.15, 0.2) is 0 Å². The van der Waals surface area contributed by atoms with E-state index in [1.807, 2.05) is 60.7 Å². The zero-order valence-electron chi connectivity index (χ0n) is 18.8. The fourth-order valence-electron chi connectivity index (χ4n) is 4.17. The fraction of sp³-hybridized carbons (Fsp3) is 0.0714. The Bertz CT molecular complexity index is 1500. The van der Waals surface area contributed by atoms with Crippen molar-refractivity contribution in [3.05, 3.63) is 128 Å². The van der Waals surface area contributed by atoms with Crippen LogP contribution in [0.4, 0.5) is 5.69 Å². The zero-order valence-corrected chi connectivity index (χ0v) is 18.8. The predicted octanol–water partition coefficient (Wildman–Crippen LogP) is 5.23. The Morgan fingerprint density at radius 1 is 0.639 bits per heavy atom. The third-order valence-electron chi connectivity index (χ3n) is 5.87. The van der Waals surface area contributed by atoms with Gasteiger partial charge in [0.2, 0.25) is 11.6 Å². The lowest BCUT2D eigenvalue weighted by atomic mass is 9.81. The second kappa shape index (κ2) is 9.34. The van der Waals surface area contributed by atoms with Crippen LogP contribution in [0.1, 0.15) is 43.0 Å². The molecule has 0 heterocycles. The quantitative estimate of drug-likeness (QED) is 0.250. The molecule has 8 nitrogen and oxygen atoms in total. The molecule has 36 heavy (non-hydrogen) atoms. The van der Waals surface area contributed by atoms with Crippen LogP contribution in [0.25, 0.3) is 0 Å². The van der Waals surface area contributed by atoms with Crippen LogP contribution in [0.5, 0.6) is 17.2 Å². The van der Waals surface area contributed by atoms with Gasteiger partial charge in [0.25, 0.3) is 5.69 Å². The summed E-state index contributed by atoms with van der Waals surface area (Å²) in [6, 6.07) is 23.5. The first-order valence-electron chi connectivity index (χ1n) is 11.1. The predicted molar refractivity (Wildman–Crippen MR) is 130 cm³/mol. The molecular weight excluding hydrogens is 462 g/mol. The van der Waals surface area contributed by atoms with E-state index in [2.05, 4.69) is 0 Å². The molecule has 1 aliphatic carbocycles. The standard InChI is InChI=1S/C28H19NO7/c30-20-12-11-19(29(33)34)23-24(20)28(32)26-22(36-16-18-9-5-2-6-10-18)14-13-21(25(26)27(23)31)35-15-17-7-3-1-4-8-17/h1-14,30H,15-16H2. The second-order valence-electron chi connectivity index (χ2n) is 8.13. The number of phenolic OH excluding ortho intramolecular Hbond substituents is 1. The number of fused-ring (bicyclic) bond motifs is 2. The molecule has 0 saturated heterocycles. The second-order valence-corrected chi connectivity index (χ2v) is 8.13. The molecule has 8 heteroatoms. The summed E-state index contributed by atoms with van der Waals surface area (Å²) in [6.45, 7) is 0.223. The van der Waals surface area contributed by atoms with Crippen molar-refractivity contribution in [3.8, 4) is 17.2 Å². The van der Waals surface area contributed by atoms with E-state index in [1.54, 1.807) is 0 Å². The molecule has 178 valence electrons. The summed E-state index contributed by atoms with van der Waals surface area (Å²) in [5.74, 6) is -1.88. The summed E-state index contributed by atoms with van der Waals surface area (Å²) in [4.78, 5) is 38.2. The van der Waals surface area contributed by atoms with Gasteiger partial charge in [-0.25, -0.2) is 0 Å². The van der Waals surface area contributed by atoms with Crippen molar-refractivity contribution in [2.45, 2.75) is 13.2 Å². The van der Waals surface area contributed by atoms with E-state index in [0.717, 1.165) is 23.3 Å². The number of ether oxygens (including phenoxy) is 2. The molecule has 0 unspecified atom stereocenters. The zero-order chi connectivity index (χ0) is 25.2. The van der Waals surface area contributed by atoms with Crippen LogP contribution in [0, 0.1) is 10.1 Å². The fourth-order valence-corrected chi connectivity index (χ4v) is 4.17. The van der Waals surface area contributed by atoms with Gasteiger partial charge in [-0.15, -0.1) is 0 Å². The lowest BCUT2D eigenvalue weighted by Gasteiger charge is -2.23. The molecule has 4 aromatic rings. The average molecular weight is 481 g/mol. The maximum Gasteiger partial charge on any atom is 0.281 e. The lowest BCUT2D eigenvalue weighted by Crippen LogP contribution is -2.24. The Labute approximate surface area is 205 Å². The number of hydrogen-bond acceptors (Lipinski definition) is 7. The summed E-state index contributed by atoms with van der Waals surface area (Å²) in [7, 11) is 0. The van der Waals surface area contributed by atoms with Gasteiger partial charge in [0, 0.05) is 6.07 Å². The van der Waals surface area contributed by atoms with Crippen LogP contribution in [0.15, 0.2) is 84.9 Å². The molecule has 0 aliphatic heterocycles. The minimum Gasteiger partial charge on any atom is -0.507 e. The summed E-state index contributed by atoms with van der Waals surface area (Å²) in [5.41, 5.74) is -0.0453. The van der Waals surface area contributed by atoms with Gasteiger partial charge in [-0.1, -0.05) is 60.7 Å². The van der Waals surface area contributed by atoms with Gasteiger partial charge in [0.05, 0.1) is 21.6 Å². The number of carbonyl (C=O) groups excluding carboxylic acids is 2. The molecule has 5 rings (SSSR count). The van der Waals surface area contributed by atoms with E-state index in [4.69, 9.17) is 9.47 Å². The minimum absolute atomic E-state index is 0.0857. The van der Waals surface area contributed by atoms with Crippen molar-refractivity contribution in [3.63, 3.8) is 0 Å². The highest BCUT2D eigenvalue weighted by Gasteiger charge is 2.41. The number of hydrogen-bond donors (Lipinski definition) is 1. The molecule has 4 aromatic carbocycles. The van der Waals surface area contributed by atoms with Gasteiger partial charge in [-0.3, -0.25) is 19.7 Å². The molecule has 0 saturated carbocycles. The Hall–Kier alpha value is -4.98. The van der Waals surface area contributed by atoms with Gasteiger partial charge in [-0.2, -0.15) is 0 Å². The average Bonchev–Trinajstić information content (AvgIpc) is 2.90. The van der Waals surface area contributed by atoms with E-state index in [1.165, 1.54) is 12.1 Å². The van der Waals surface area contributed by atoms with Crippen molar-refractivity contribution >= 4 is 17.3 Å². The van der Waals surface area contributed by atoms with E-state index in [9.17, 15) is 24.8 Å². The van der Waals surface area contributed by atoms with Crippen LogP contribution in [-0.2, 0) is 13.2 Å². The van der Waals surface area contributed by atoms with Gasteiger partial charge < -0.3 is 14.6 Å². The largest absolute Gasteiger partial charge is 0.507 e. The SMILES string of the molecule is O=C1c2c(O)ccc([N+](=O)[O-])c2C(=O)c2c(OCc3ccccc3)ccc(OCc3ccccc3)c21. The van der Waals surface area contributed by atoms with Crippen molar-refractivity contribution in [1.82, 2.24) is 0 Å². The number of aromatic hydroxyl groups is 1. The summed E-state index contributed by atoms with van der Waals surface area (Å²) < 4.78 is 11.8. The van der Waals surface area contributed by atoms with Crippen molar-refractivity contribution in [2.75, 3.05) is 0 Å². The lowest BCUT2D eigenvalue weighted by molar-refractivity contribution is -0.385. The third-order valence-corrected chi connectivity index (χ3v) is 5.87. The van der Waals surface area contributed by atoms with Crippen molar-refractivity contribution in [1.29, 1.82) is 0 Å². The number of nitro groups is 1. The van der Waals surface area contributed by atoms with Gasteiger partial charge >= 0.3 is 0 Å². The van der Waals surface area contributed by atoms with Gasteiger partial charge in [-0.05, 0) is 29.3 Å². The van der Waals surface area contributed by atoms with Crippen LogP contribution < -0.4 is 9.47 Å². The summed E-state index contributed by atoms with van der Waals surface area (Å²) in [6.07, 6.45) is 0. The highest BCUT2D eigenvalue weighted by molar-refractivity contribution is 6.32. The molecular formula is C28H19NO7. The molecule has 0 atom stereocenters. The number of nitro benzene ring substituents is 1. The molecule has 0 fully saturated rings. The Morgan fingerprint density at radius 3 is 1.58 bits per heavy atom. The van der Waals surface area contributed by atoms with E-state index >= 15 is 0 Å². The highest BCUT2D eigenvalue weighted by Crippen LogP contribution is 2.44. The van der Waals surface area contributed by atoms with Gasteiger partial charge in [0.1, 0.15) is 36.0 Å². The van der Waals surface area contributed by atoms with Crippen LogP contribution >= 0.6 is 0 Å². The molecule has 0 spiro atoms. The molecule has 0 amide bonds. The third kappa shape index (κ3) is 4.05. The van der Waals surface area contributed by atoms with E-state index in [-0.39, 0.29) is 35.8 Å². The Balaban J connectivity index is 1.63. The number of benzene rings is 4. The maximum atomic E-state index is 13.7. The van der Waals surface area contributed by atoms with Crippen molar-refractivity contribution in [2.24, 2.45) is 0 Å². The maximum absolute atomic E-state index is 13.7. The monoisotopic (exact) mass is 481 g/mol. The van der Waals surface area contributed by atoms with Crippen LogP contribution in [-0.4, -0.2) is 21.6 Å². The number of ketones is 2. The first-order chi connectivity index (χ1) is 17.5. The number of carbonyl (C=O) groups is 2. The Kier molecular flexibility index (Phi) is 5.92. The first kappa shape index (κ1) is 22.8. The smallest absolute Gasteiger partial charge is 0.281 e. The number of rotatable bonds is 7. The normalized spacial score (nSPS) is 12.0.